The van der Waals surface area contributed by atoms with Crippen LogP contribution < -0.4 is 17.0 Å². The Morgan fingerprint density at radius 1 is 1.53 bits per heavy atom. The fourth-order valence-electron chi connectivity index (χ4n) is 1.47. The van der Waals surface area contributed by atoms with E-state index in [0.29, 0.717) is 10.9 Å². The number of aliphatic carboxylic acids is 1. The van der Waals surface area contributed by atoms with Gasteiger partial charge in [-0.1, -0.05) is 0 Å². The first-order chi connectivity index (χ1) is 8.00. The maximum atomic E-state index is 11.6. The molecule has 2 aromatic rings. The van der Waals surface area contributed by atoms with Crippen molar-refractivity contribution >= 4 is 28.2 Å². The van der Waals surface area contributed by atoms with Gasteiger partial charge in [-0.3, -0.25) is 19.1 Å². The second-order valence-corrected chi connectivity index (χ2v) is 4.23. The van der Waals surface area contributed by atoms with Crippen LogP contribution in [0.25, 0.3) is 10.9 Å². The van der Waals surface area contributed by atoms with Crippen LogP contribution in [-0.4, -0.2) is 26.7 Å². The highest BCUT2D eigenvalue weighted by Crippen LogP contribution is 2.13. The van der Waals surface area contributed by atoms with E-state index in [4.69, 9.17) is 10.8 Å². The van der Waals surface area contributed by atoms with Gasteiger partial charge >= 0.3 is 11.7 Å². The molecular weight excluding hydrogens is 246 g/mol. The molecule has 2 rings (SSSR count). The average molecular weight is 255 g/mol. The highest BCUT2D eigenvalue weighted by molar-refractivity contribution is 7.09. The zero-order chi connectivity index (χ0) is 12.6. The van der Waals surface area contributed by atoms with Crippen molar-refractivity contribution in [2.45, 2.75) is 12.6 Å². The quantitative estimate of drug-likeness (QED) is 0.661. The van der Waals surface area contributed by atoms with E-state index in [0.717, 1.165) is 4.57 Å². The number of hydrogen-bond acceptors (Lipinski definition) is 5. The summed E-state index contributed by atoms with van der Waals surface area (Å²) < 4.78 is 1.16. The lowest BCUT2D eigenvalue weighted by molar-refractivity contribution is -0.138. The van der Waals surface area contributed by atoms with Gasteiger partial charge in [0, 0.05) is 10.8 Å². The van der Waals surface area contributed by atoms with Crippen molar-refractivity contribution in [2.24, 2.45) is 5.73 Å². The Kier molecular flexibility index (Phi) is 2.82. The molecule has 0 unspecified atom stereocenters. The molecule has 0 radical (unpaired) electrons. The van der Waals surface area contributed by atoms with Crippen LogP contribution in [-0.2, 0) is 11.3 Å². The van der Waals surface area contributed by atoms with Gasteiger partial charge in [0.15, 0.2) is 0 Å². The number of hydrogen-bond donors (Lipinski definition) is 3. The van der Waals surface area contributed by atoms with Crippen LogP contribution in [0.2, 0.25) is 0 Å². The minimum absolute atomic E-state index is 0.182. The molecule has 0 amide bonds. The first-order valence-corrected chi connectivity index (χ1v) is 5.62. The lowest BCUT2D eigenvalue weighted by atomic mass is 10.3. The summed E-state index contributed by atoms with van der Waals surface area (Å²) in [5, 5.41) is 12.3. The van der Waals surface area contributed by atoms with Crippen LogP contribution in [0.3, 0.4) is 0 Å². The summed E-state index contributed by atoms with van der Waals surface area (Å²) >= 11 is 1.26. The Bertz CT molecular complexity index is 683. The van der Waals surface area contributed by atoms with Crippen molar-refractivity contribution in [2.75, 3.05) is 0 Å². The number of rotatable bonds is 3. The van der Waals surface area contributed by atoms with Crippen LogP contribution in [0, 0.1) is 0 Å². The number of fused-ring (bicyclic) bond motifs is 1. The number of nitrogens with zero attached hydrogens (tertiary/aromatic N) is 1. The number of carboxylic acids is 1. The van der Waals surface area contributed by atoms with Gasteiger partial charge < -0.3 is 10.8 Å². The number of carboxylic acid groups (broad SMARTS) is 1. The van der Waals surface area contributed by atoms with Crippen LogP contribution in [0.15, 0.2) is 20.3 Å². The highest BCUT2D eigenvalue weighted by Gasteiger charge is 2.16. The Morgan fingerprint density at radius 3 is 2.88 bits per heavy atom. The molecule has 1 atom stereocenters. The zero-order valence-corrected chi connectivity index (χ0v) is 9.36. The molecule has 0 saturated carbocycles. The standard InChI is InChI=1S/C9H9N3O4S/c10-5(8(14)15)1-12-6-3-17-2-4(6)7(13)11-9(12)16/h2-3,5H,1,10H2,(H,14,15)(H,11,13,16)/t5-/m0/s1. The zero-order valence-electron chi connectivity index (χ0n) is 8.54. The highest BCUT2D eigenvalue weighted by atomic mass is 32.1. The lowest BCUT2D eigenvalue weighted by Gasteiger charge is -2.09. The molecule has 2 aromatic heterocycles. The second-order valence-electron chi connectivity index (χ2n) is 3.49. The first kappa shape index (κ1) is 11.6. The topological polar surface area (TPSA) is 118 Å². The SMILES string of the molecule is N[C@@H](Cn1c(=O)[nH]c(=O)c2cscc21)C(=O)O. The van der Waals surface area contributed by atoms with E-state index in [2.05, 4.69) is 4.98 Å². The molecule has 0 fully saturated rings. The monoisotopic (exact) mass is 255 g/mol. The molecule has 17 heavy (non-hydrogen) atoms. The number of aromatic amines is 1. The number of carbonyl (C=O) groups is 1. The third-order valence-electron chi connectivity index (χ3n) is 2.34. The maximum Gasteiger partial charge on any atom is 0.328 e. The van der Waals surface area contributed by atoms with Gasteiger partial charge in [0.2, 0.25) is 0 Å². The van der Waals surface area contributed by atoms with Gasteiger partial charge in [0.25, 0.3) is 5.56 Å². The summed E-state index contributed by atoms with van der Waals surface area (Å²) in [5.74, 6) is -1.20. The third-order valence-corrected chi connectivity index (χ3v) is 3.07. The van der Waals surface area contributed by atoms with Crippen LogP contribution >= 0.6 is 11.3 Å². The third kappa shape index (κ3) is 1.99. The van der Waals surface area contributed by atoms with E-state index in [1.54, 1.807) is 10.8 Å². The predicted molar refractivity (Wildman–Crippen MR) is 62.3 cm³/mol. The number of aromatic nitrogens is 2. The number of nitrogens with one attached hydrogen (secondary N) is 1. The summed E-state index contributed by atoms with van der Waals surface area (Å²) in [5.41, 5.74) is 4.64. The molecule has 0 aliphatic carbocycles. The number of H-pyrrole nitrogens is 1. The van der Waals surface area contributed by atoms with E-state index in [9.17, 15) is 14.4 Å². The van der Waals surface area contributed by atoms with E-state index >= 15 is 0 Å². The van der Waals surface area contributed by atoms with Gasteiger partial charge in [-0.15, -0.1) is 11.3 Å². The Hall–Kier alpha value is -1.93. The normalized spacial score (nSPS) is 12.8. The van der Waals surface area contributed by atoms with Crippen molar-refractivity contribution in [3.05, 3.63) is 31.6 Å². The predicted octanol–water partition coefficient (Wildman–Crippen LogP) is -0.837. The molecule has 8 heteroatoms. The van der Waals surface area contributed by atoms with E-state index in [1.165, 1.54) is 11.3 Å². The van der Waals surface area contributed by atoms with Gasteiger partial charge in [0.05, 0.1) is 17.4 Å². The molecule has 0 aromatic carbocycles. The Balaban J connectivity index is 2.61. The summed E-state index contributed by atoms with van der Waals surface area (Å²) in [6.45, 7) is -0.182. The van der Waals surface area contributed by atoms with E-state index in [1.807, 2.05) is 0 Å². The molecule has 0 aliphatic heterocycles. The number of thiophene rings is 1. The van der Waals surface area contributed by atoms with Gasteiger partial charge in [-0.25, -0.2) is 4.79 Å². The van der Waals surface area contributed by atoms with Gasteiger partial charge in [-0.05, 0) is 0 Å². The fraction of sp³-hybridized carbons (Fsp3) is 0.222. The van der Waals surface area contributed by atoms with E-state index in [-0.39, 0.29) is 6.54 Å². The summed E-state index contributed by atoms with van der Waals surface area (Å²) in [4.78, 5) is 35.8. The van der Waals surface area contributed by atoms with Crippen molar-refractivity contribution in [1.29, 1.82) is 0 Å². The summed E-state index contributed by atoms with van der Waals surface area (Å²) in [7, 11) is 0. The second kappa shape index (κ2) is 4.15. The van der Waals surface area contributed by atoms with Crippen LogP contribution in [0.1, 0.15) is 0 Å². The van der Waals surface area contributed by atoms with Crippen LogP contribution in [0.5, 0.6) is 0 Å². The molecule has 0 spiro atoms. The van der Waals surface area contributed by atoms with Gasteiger partial charge in [0.1, 0.15) is 6.04 Å². The van der Waals surface area contributed by atoms with Crippen molar-refractivity contribution in [3.63, 3.8) is 0 Å². The fourth-order valence-corrected chi connectivity index (χ4v) is 2.28. The van der Waals surface area contributed by atoms with E-state index < -0.39 is 23.3 Å². The minimum atomic E-state index is -1.20. The van der Waals surface area contributed by atoms with Crippen LogP contribution in [0.4, 0.5) is 0 Å². The molecule has 0 bridgehead atoms. The Morgan fingerprint density at radius 2 is 2.24 bits per heavy atom. The molecule has 90 valence electrons. The minimum Gasteiger partial charge on any atom is -0.480 e. The molecule has 2 heterocycles. The molecule has 7 nitrogen and oxygen atoms in total. The molecule has 0 aliphatic rings. The van der Waals surface area contributed by atoms with Gasteiger partial charge in [-0.2, -0.15) is 0 Å². The van der Waals surface area contributed by atoms with Crippen molar-refractivity contribution in [3.8, 4) is 0 Å². The molecule has 0 saturated heterocycles. The lowest BCUT2D eigenvalue weighted by Crippen LogP contribution is -2.40. The average Bonchev–Trinajstić information content (AvgIpc) is 2.72. The first-order valence-electron chi connectivity index (χ1n) is 4.68. The maximum absolute atomic E-state index is 11.6. The Labute approximate surface area is 98.1 Å². The summed E-state index contributed by atoms with van der Waals surface area (Å²) in [6, 6.07) is -1.19. The largest absolute Gasteiger partial charge is 0.480 e. The molecular formula is C9H9N3O4S. The molecule has 4 N–H and O–H groups in total. The summed E-state index contributed by atoms with van der Waals surface area (Å²) in [6.07, 6.45) is 0. The smallest absolute Gasteiger partial charge is 0.328 e. The van der Waals surface area contributed by atoms with Crippen molar-refractivity contribution < 1.29 is 9.90 Å². The van der Waals surface area contributed by atoms with Crippen molar-refractivity contribution in [1.82, 2.24) is 9.55 Å². The number of nitrogens with two attached hydrogens (primary N) is 1.